The van der Waals surface area contributed by atoms with Gasteiger partial charge in [-0.25, -0.2) is 0 Å². The van der Waals surface area contributed by atoms with Crippen LogP contribution < -0.4 is 25.6 Å². The first-order chi connectivity index (χ1) is 18.7. The number of rotatable bonds is 5. The van der Waals surface area contributed by atoms with Crippen molar-refractivity contribution in [1.29, 1.82) is 0 Å². The number of piperidine rings is 1. The number of piperazine rings is 1. The lowest BCUT2D eigenvalue weighted by Crippen LogP contribution is -2.47. The molecule has 0 aliphatic carbocycles. The summed E-state index contributed by atoms with van der Waals surface area (Å²) >= 11 is 0. The van der Waals surface area contributed by atoms with Crippen LogP contribution in [-0.4, -0.2) is 74.1 Å². The van der Waals surface area contributed by atoms with Crippen LogP contribution in [0.4, 0.5) is 5.69 Å². The number of fused-ring (bicyclic) bond motifs is 3. The number of amides is 2. The van der Waals surface area contributed by atoms with Crippen molar-refractivity contribution >= 4 is 17.5 Å². The normalized spacial score (nSPS) is 22.4. The molecule has 2 amide bonds. The molecular weight excluding hydrogens is 480 g/mol. The Bertz CT molecular complexity index is 1120. The minimum absolute atomic E-state index is 0.0175. The molecule has 38 heavy (non-hydrogen) atoms. The van der Waals surface area contributed by atoms with Gasteiger partial charge in [-0.05, 0) is 48.6 Å². The van der Waals surface area contributed by atoms with Gasteiger partial charge in [0.1, 0.15) is 12.4 Å². The highest BCUT2D eigenvalue weighted by Crippen LogP contribution is 2.29. The fraction of sp³-hybridized carbons (Fsp3) is 0.483. The summed E-state index contributed by atoms with van der Waals surface area (Å²) < 4.78 is 6.17. The van der Waals surface area contributed by atoms with Crippen LogP contribution in [0, 0.1) is 11.8 Å². The fourth-order valence-electron chi connectivity index (χ4n) is 5.48. The van der Waals surface area contributed by atoms with Crippen LogP contribution in [-0.2, 0) is 22.7 Å². The van der Waals surface area contributed by atoms with Crippen LogP contribution in [0.25, 0.3) is 0 Å². The van der Waals surface area contributed by atoms with Gasteiger partial charge in [-0.3, -0.25) is 14.6 Å². The third kappa shape index (κ3) is 6.90. The number of pyridine rings is 1. The second kappa shape index (κ2) is 12.9. The molecule has 1 aromatic carbocycles. The van der Waals surface area contributed by atoms with E-state index in [1.54, 1.807) is 6.20 Å². The van der Waals surface area contributed by atoms with Crippen molar-refractivity contribution in [2.24, 2.45) is 11.8 Å². The van der Waals surface area contributed by atoms with Gasteiger partial charge in [0, 0.05) is 69.7 Å². The number of anilines is 1. The van der Waals surface area contributed by atoms with Gasteiger partial charge in [0.25, 0.3) is 0 Å². The van der Waals surface area contributed by atoms with Crippen molar-refractivity contribution < 1.29 is 14.3 Å². The van der Waals surface area contributed by atoms with E-state index in [1.165, 1.54) is 5.69 Å². The van der Waals surface area contributed by atoms with Crippen LogP contribution in [0.3, 0.4) is 0 Å². The maximum absolute atomic E-state index is 13.0. The standard InChI is InChI=1S/C29H38N6O3/c36-28(33-19-25-5-1-2-9-32-25)17-22-8-12-35-21-23(22)4-3-15-38-27-7-6-26(34-13-10-30-11-14-34)16-24(27)18-31-20-29(35)37/h1-7,9,16,22-23,30-31H,8,10-15,17-21H2,(H,33,36)/t22-,23-/m0/s1. The SMILES string of the molecule is O=C(C[C@@H]1CCN2C[C@@H]1C=CCOc1ccc(N3CCNCC3)cc1CNCC2=O)NCc1ccccn1. The Morgan fingerprint density at radius 1 is 1.08 bits per heavy atom. The molecule has 4 heterocycles. The molecule has 2 bridgehead atoms. The molecule has 9 heteroatoms. The van der Waals surface area contributed by atoms with Crippen LogP contribution in [0.15, 0.2) is 54.7 Å². The zero-order valence-electron chi connectivity index (χ0n) is 21.9. The maximum atomic E-state index is 13.0. The minimum Gasteiger partial charge on any atom is -0.489 e. The molecule has 202 valence electrons. The van der Waals surface area contributed by atoms with Crippen LogP contribution in [0.2, 0.25) is 0 Å². The first-order valence-corrected chi connectivity index (χ1v) is 13.7. The lowest BCUT2D eigenvalue weighted by atomic mass is 9.82. The number of aromatic nitrogens is 1. The van der Waals surface area contributed by atoms with E-state index in [0.29, 0.717) is 39.2 Å². The molecule has 5 rings (SSSR count). The molecule has 0 saturated carbocycles. The van der Waals surface area contributed by atoms with Crippen molar-refractivity contribution in [1.82, 2.24) is 25.8 Å². The molecule has 3 aliphatic heterocycles. The third-order valence-corrected chi connectivity index (χ3v) is 7.64. The summed E-state index contributed by atoms with van der Waals surface area (Å²) in [6.45, 7) is 6.93. The van der Waals surface area contributed by atoms with Crippen LogP contribution in [0.5, 0.6) is 5.75 Å². The second-order valence-corrected chi connectivity index (χ2v) is 10.2. The maximum Gasteiger partial charge on any atom is 0.236 e. The van der Waals surface area contributed by atoms with Crippen molar-refractivity contribution in [3.8, 4) is 5.75 Å². The van der Waals surface area contributed by atoms with Crippen molar-refractivity contribution in [2.45, 2.75) is 25.9 Å². The molecule has 0 radical (unpaired) electrons. The Hall–Kier alpha value is -3.43. The zero-order valence-corrected chi connectivity index (χ0v) is 21.9. The van der Waals surface area contributed by atoms with Gasteiger partial charge in [-0.1, -0.05) is 18.2 Å². The Kier molecular flexibility index (Phi) is 8.88. The van der Waals surface area contributed by atoms with E-state index >= 15 is 0 Å². The lowest BCUT2D eigenvalue weighted by molar-refractivity contribution is -0.132. The first-order valence-electron chi connectivity index (χ1n) is 13.7. The average Bonchev–Trinajstić information content (AvgIpc) is 2.97. The van der Waals surface area contributed by atoms with Crippen molar-refractivity contribution in [3.63, 3.8) is 0 Å². The van der Waals surface area contributed by atoms with E-state index in [1.807, 2.05) is 35.2 Å². The topological polar surface area (TPSA) is 98.8 Å². The first kappa shape index (κ1) is 26.2. The Balaban J connectivity index is 1.24. The van der Waals surface area contributed by atoms with E-state index in [9.17, 15) is 9.59 Å². The fourth-order valence-corrected chi connectivity index (χ4v) is 5.48. The van der Waals surface area contributed by atoms with Gasteiger partial charge in [0.15, 0.2) is 0 Å². The number of benzene rings is 1. The molecule has 3 aliphatic rings. The summed E-state index contributed by atoms with van der Waals surface area (Å²) in [4.78, 5) is 34.4. The molecule has 2 aromatic rings. The van der Waals surface area contributed by atoms with E-state index in [2.05, 4.69) is 44.0 Å². The largest absolute Gasteiger partial charge is 0.489 e. The van der Waals surface area contributed by atoms with E-state index in [-0.39, 0.29) is 30.2 Å². The van der Waals surface area contributed by atoms with E-state index in [0.717, 1.165) is 49.6 Å². The van der Waals surface area contributed by atoms with Crippen LogP contribution in [0.1, 0.15) is 24.1 Å². The second-order valence-electron chi connectivity index (χ2n) is 10.2. The van der Waals surface area contributed by atoms with Gasteiger partial charge in [-0.2, -0.15) is 0 Å². The minimum atomic E-state index is 0.0175. The van der Waals surface area contributed by atoms with Crippen molar-refractivity contribution in [3.05, 3.63) is 66.0 Å². The number of hydrogen-bond acceptors (Lipinski definition) is 7. The third-order valence-electron chi connectivity index (χ3n) is 7.64. The molecule has 9 nitrogen and oxygen atoms in total. The van der Waals surface area contributed by atoms with Gasteiger partial charge in [0.2, 0.25) is 11.8 Å². The summed E-state index contributed by atoms with van der Waals surface area (Å²) in [5.74, 6) is 1.23. The highest BCUT2D eigenvalue weighted by molar-refractivity contribution is 5.79. The van der Waals surface area contributed by atoms with Crippen molar-refractivity contribution in [2.75, 3.05) is 57.3 Å². The Labute approximate surface area is 224 Å². The van der Waals surface area contributed by atoms with Gasteiger partial charge in [-0.15, -0.1) is 0 Å². The molecule has 1 aromatic heterocycles. The number of nitrogens with zero attached hydrogens (tertiary/aromatic N) is 3. The summed E-state index contributed by atoms with van der Waals surface area (Å²) in [5.41, 5.74) is 3.08. The highest BCUT2D eigenvalue weighted by Gasteiger charge is 2.31. The predicted octanol–water partition coefficient (Wildman–Crippen LogP) is 1.70. The van der Waals surface area contributed by atoms with Gasteiger partial charge >= 0.3 is 0 Å². The summed E-state index contributed by atoms with van der Waals surface area (Å²) in [6, 6.07) is 12.0. The number of nitrogens with one attached hydrogen (secondary N) is 3. The average molecular weight is 519 g/mol. The molecule has 2 fully saturated rings. The number of ether oxygens (including phenoxy) is 1. The predicted molar refractivity (Wildman–Crippen MR) is 147 cm³/mol. The molecule has 0 unspecified atom stereocenters. The quantitative estimate of drug-likeness (QED) is 0.519. The van der Waals surface area contributed by atoms with Crippen LogP contribution >= 0.6 is 0 Å². The molecular formula is C29H38N6O3. The Morgan fingerprint density at radius 2 is 1.97 bits per heavy atom. The van der Waals surface area contributed by atoms with E-state index in [4.69, 9.17) is 4.74 Å². The number of hydrogen-bond donors (Lipinski definition) is 3. The van der Waals surface area contributed by atoms with Gasteiger partial charge < -0.3 is 30.5 Å². The van der Waals surface area contributed by atoms with Gasteiger partial charge in [0.05, 0.1) is 18.8 Å². The summed E-state index contributed by atoms with van der Waals surface area (Å²) in [7, 11) is 0. The molecule has 2 saturated heterocycles. The zero-order chi connectivity index (χ0) is 26.2. The molecule has 2 atom stereocenters. The summed E-state index contributed by atoms with van der Waals surface area (Å²) in [5, 5.41) is 9.74. The summed E-state index contributed by atoms with van der Waals surface area (Å²) in [6.07, 6.45) is 7.13. The Morgan fingerprint density at radius 3 is 2.82 bits per heavy atom. The molecule has 0 spiro atoms. The molecule has 3 N–H and O–H groups in total. The number of carbonyl (C=O) groups excluding carboxylic acids is 2. The smallest absolute Gasteiger partial charge is 0.236 e. The monoisotopic (exact) mass is 518 g/mol. The highest BCUT2D eigenvalue weighted by atomic mass is 16.5. The number of carbonyl (C=O) groups is 2. The lowest BCUT2D eigenvalue weighted by Gasteiger charge is -2.37. The van der Waals surface area contributed by atoms with E-state index < -0.39 is 0 Å².